The van der Waals surface area contributed by atoms with Crippen LogP contribution >= 0.6 is 11.6 Å². The van der Waals surface area contributed by atoms with Crippen LogP contribution in [0.3, 0.4) is 0 Å². The van der Waals surface area contributed by atoms with E-state index in [9.17, 15) is 4.79 Å². The predicted molar refractivity (Wildman–Crippen MR) is 88.2 cm³/mol. The second kappa shape index (κ2) is 6.62. The van der Waals surface area contributed by atoms with Crippen LogP contribution in [-0.4, -0.2) is 20.4 Å². The number of carbonyl (C=O) groups excluding carboxylic acids is 1. The Balaban J connectivity index is 1.94. The van der Waals surface area contributed by atoms with E-state index in [0.29, 0.717) is 10.6 Å². The molecule has 23 heavy (non-hydrogen) atoms. The summed E-state index contributed by atoms with van der Waals surface area (Å²) in [4.78, 5) is 20.8. The van der Waals surface area contributed by atoms with Crippen LogP contribution in [-0.2, 0) is 7.05 Å². The number of rotatable bonds is 4. The highest BCUT2D eigenvalue weighted by atomic mass is 35.5. The average Bonchev–Trinajstić information content (AvgIpc) is 3.00. The number of aromatic nitrogens is 3. The molecule has 0 saturated heterocycles. The predicted octanol–water partition coefficient (Wildman–Crippen LogP) is 2.99. The van der Waals surface area contributed by atoms with Crippen molar-refractivity contribution < 1.29 is 4.79 Å². The number of hydrogen-bond acceptors (Lipinski definition) is 3. The van der Waals surface area contributed by atoms with Crippen LogP contribution in [0.15, 0.2) is 61.2 Å². The summed E-state index contributed by atoms with van der Waals surface area (Å²) in [5.41, 5.74) is 1.46. The third kappa shape index (κ3) is 3.40. The van der Waals surface area contributed by atoms with Crippen molar-refractivity contribution >= 4 is 17.5 Å². The molecule has 2 heterocycles. The Hall–Kier alpha value is -2.66. The lowest BCUT2D eigenvalue weighted by Gasteiger charge is -2.19. The molecule has 1 N–H and O–H groups in total. The van der Waals surface area contributed by atoms with Gasteiger partial charge in [-0.3, -0.25) is 9.78 Å². The molecule has 5 nitrogen and oxygen atoms in total. The van der Waals surface area contributed by atoms with Crippen LogP contribution in [0.5, 0.6) is 0 Å². The van der Waals surface area contributed by atoms with E-state index >= 15 is 0 Å². The van der Waals surface area contributed by atoms with Crippen molar-refractivity contribution in [2.45, 2.75) is 6.04 Å². The number of halogens is 1. The maximum absolute atomic E-state index is 12.5. The van der Waals surface area contributed by atoms with E-state index in [-0.39, 0.29) is 11.9 Å². The van der Waals surface area contributed by atoms with Crippen LogP contribution in [0.1, 0.15) is 27.8 Å². The zero-order valence-electron chi connectivity index (χ0n) is 12.5. The maximum atomic E-state index is 12.5. The van der Waals surface area contributed by atoms with Gasteiger partial charge in [-0.15, -0.1) is 0 Å². The van der Waals surface area contributed by atoms with Crippen molar-refractivity contribution in [2.24, 2.45) is 7.05 Å². The minimum absolute atomic E-state index is 0.185. The summed E-state index contributed by atoms with van der Waals surface area (Å²) in [5.74, 6) is 0.560. The monoisotopic (exact) mass is 326 g/mol. The highest BCUT2D eigenvalue weighted by molar-refractivity contribution is 6.30. The summed E-state index contributed by atoms with van der Waals surface area (Å²) < 4.78 is 1.88. The molecule has 0 bridgehead atoms. The maximum Gasteiger partial charge on any atom is 0.252 e. The molecule has 3 aromatic rings. The van der Waals surface area contributed by atoms with Gasteiger partial charge >= 0.3 is 0 Å². The normalized spacial score (nSPS) is 11.9. The van der Waals surface area contributed by atoms with Crippen molar-refractivity contribution in [2.75, 3.05) is 0 Å². The number of aryl methyl sites for hydroxylation is 1. The molecule has 0 fully saturated rings. The van der Waals surface area contributed by atoms with Gasteiger partial charge in [0.25, 0.3) is 5.91 Å². The van der Waals surface area contributed by atoms with Crippen LogP contribution in [0.4, 0.5) is 0 Å². The summed E-state index contributed by atoms with van der Waals surface area (Å²) in [6.07, 6.45) is 6.73. The molecule has 0 aliphatic rings. The van der Waals surface area contributed by atoms with Gasteiger partial charge in [0, 0.05) is 42.4 Å². The average molecular weight is 327 g/mol. The van der Waals surface area contributed by atoms with E-state index < -0.39 is 0 Å². The summed E-state index contributed by atoms with van der Waals surface area (Å²) in [6, 6.07) is 10.3. The largest absolute Gasteiger partial charge is 0.338 e. The standard InChI is InChI=1S/C17H15ClN4O/c1-22-11-10-20-16(22)15(12-2-4-14(18)5-3-12)21-17(23)13-6-8-19-9-7-13/h2-11,15H,1H3,(H,21,23)/t15-/m1/s1. The summed E-state index contributed by atoms with van der Waals surface area (Å²) in [5, 5.41) is 3.67. The van der Waals surface area contributed by atoms with Crippen molar-refractivity contribution in [3.8, 4) is 0 Å². The Morgan fingerprint density at radius 3 is 2.43 bits per heavy atom. The van der Waals surface area contributed by atoms with Gasteiger partial charge in [-0.2, -0.15) is 0 Å². The van der Waals surface area contributed by atoms with Crippen molar-refractivity contribution in [1.82, 2.24) is 19.9 Å². The Kier molecular flexibility index (Phi) is 4.39. The van der Waals surface area contributed by atoms with E-state index in [4.69, 9.17) is 11.6 Å². The molecule has 0 unspecified atom stereocenters. The van der Waals surface area contributed by atoms with Crippen molar-refractivity contribution in [3.05, 3.63) is 83.2 Å². The topological polar surface area (TPSA) is 59.8 Å². The first-order valence-electron chi connectivity index (χ1n) is 7.09. The first-order valence-corrected chi connectivity index (χ1v) is 7.46. The fourth-order valence-electron chi connectivity index (χ4n) is 2.33. The number of pyridine rings is 1. The number of nitrogens with zero attached hydrogens (tertiary/aromatic N) is 3. The number of carbonyl (C=O) groups is 1. The molecule has 0 aliphatic heterocycles. The Labute approximate surface area is 139 Å². The third-order valence-corrected chi connectivity index (χ3v) is 3.79. The van der Waals surface area contributed by atoms with E-state index in [2.05, 4.69) is 15.3 Å². The van der Waals surface area contributed by atoms with Gasteiger partial charge in [-0.05, 0) is 29.8 Å². The van der Waals surface area contributed by atoms with E-state index in [1.807, 2.05) is 29.9 Å². The van der Waals surface area contributed by atoms with Crippen LogP contribution in [0.25, 0.3) is 0 Å². The zero-order valence-corrected chi connectivity index (χ0v) is 13.2. The SMILES string of the molecule is Cn1ccnc1[C@H](NC(=O)c1ccncc1)c1ccc(Cl)cc1. The van der Waals surface area contributed by atoms with Crippen LogP contribution in [0.2, 0.25) is 5.02 Å². The molecule has 1 atom stereocenters. The lowest BCUT2D eigenvalue weighted by atomic mass is 10.1. The molecule has 3 rings (SSSR count). The summed E-state index contributed by atoms with van der Waals surface area (Å²) in [6.45, 7) is 0. The molecule has 2 aromatic heterocycles. The number of amides is 1. The van der Waals surface area contributed by atoms with Crippen LogP contribution in [0, 0.1) is 0 Å². The first-order chi connectivity index (χ1) is 11.1. The number of imidazole rings is 1. The minimum Gasteiger partial charge on any atom is -0.338 e. The van der Waals surface area contributed by atoms with Crippen molar-refractivity contribution in [1.29, 1.82) is 0 Å². The molecular weight excluding hydrogens is 312 g/mol. The van der Waals surface area contributed by atoms with Gasteiger partial charge in [0.05, 0.1) is 0 Å². The van der Waals surface area contributed by atoms with Gasteiger partial charge in [-0.1, -0.05) is 23.7 Å². The van der Waals surface area contributed by atoms with E-state index in [1.165, 1.54) is 0 Å². The van der Waals surface area contributed by atoms with E-state index in [1.54, 1.807) is 42.9 Å². The molecule has 1 aromatic carbocycles. The second-order valence-corrected chi connectivity index (χ2v) is 5.53. The number of nitrogens with one attached hydrogen (secondary N) is 1. The fourth-order valence-corrected chi connectivity index (χ4v) is 2.45. The minimum atomic E-state index is -0.368. The Bertz CT molecular complexity index is 799. The highest BCUT2D eigenvalue weighted by Gasteiger charge is 2.21. The molecule has 6 heteroatoms. The van der Waals surface area contributed by atoms with Gasteiger partial charge < -0.3 is 9.88 Å². The number of hydrogen-bond donors (Lipinski definition) is 1. The van der Waals surface area contributed by atoms with Crippen LogP contribution < -0.4 is 5.32 Å². The molecule has 0 saturated carbocycles. The molecule has 0 radical (unpaired) electrons. The highest BCUT2D eigenvalue weighted by Crippen LogP contribution is 2.22. The molecule has 116 valence electrons. The molecule has 1 amide bonds. The van der Waals surface area contributed by atoms with Gasteiger partial charge in [-0.25, -0.2) is 4.98 Å². The molecular formula is C17H15ClN4O. The Morgan fingerprint density at radius 1 is 1.13 bits per heavy atom. The lowest BCUT2D eigenvalue weighted by molar-refractivity contribution is 0.0941. The van der Waals surface area contributed by atoms with Crippen molar-refractivity contribution in [3.63, 3.8) is 0 Å². The number of benzene rings is 1. The van der Waals surface area contributed by atoms with Gasteiger partial charge in [0.2, 0.25) is 0 Å². The van der Waals surface area contributed by atoms with Gasteiger partial charge in [0.1, 0.15) is 11.9 Å². The second-order valence-electron chi connectivity index (χ2n) is 5.09. The quantitative estimate of drug-likeness (QED) is 0.801. The smallest absolute Gasteiger partial charge is 0.252 e. The molecule has 0 aliphatic carbocycles. The van der Waals surface area contributed by atoms with E-state index in [0.717, 1.165) is 11.4 Å². The third-order valence-electron chi connectivity index (χ3n) is 3.54. The summed E-state index contributed by atoms with van der Waals surface area (Å²) in [7, 11) is 1.89. The van der Waals surface area contributed by atoms with Gasteiger partial charge in [0.15, 0.2) is 0 Å². The summed E-state index contributed by atoms with van der Waals surface area (Å²) >= 11 is 5.96. The lowest BCUT2D eigenvalue weighted by Crippen LogP contribution is -2.31. The first kappa shape index (κ1) is 15.2. The zero-order chi connectivity index (χ0) is 16.2. The molecule has 0 spiro atoms. The Morgan fingerprint density at radius 2 is 1.83 bits per heavy atom. The fraction of sp³-hybridized carbons (Fsp3) is 0.118.